The van der Waals surface area contributed by atoms with E-state index >= 15 is 0 Å². The molecule has 2 fully saturated rings. The fourth-order valence-corrected chi connectivity index (χ4v) is 5.87. The molecule has 1 atom stereocenters. The average molecular weight is 592 g/mol. The van der Waals surface area contributed by atoms with Crippen molar-refractivity contribution in [3.05, 3.63) is 29.3 Å². The van der Waals surface area contributed by atoms with Crippen molar-refractivity contribution in [1.29, 1.82) is 0 Å². The minimum absolute atomic E-state index is 0.00816. The van der Waals surface area contributed by atoms with Crippen LogP contribution in [0.4, 0.5) is 10.5 Å². The van der Waals surface area contributed by atoms with Gasteiger partial charge in [0.2, 0.25) is 5.91 Å². The fraction of sp³-hybridized carbons (Fsp3) is 0.667. The topological polar surface area (TPSA) is 129 Å². The minimum Gasteiger partial charge on any atom is -0.444 e. The van der Waals surface area contributed by atoms with Gasteiger partial charge in [-0.25, -0.2) is 4.79 Å². The number of carbonyl (C=O) groups is 4. The first-order chi connectivity index (χ1) is 19.5. The molecule has 4 N–H and O–H groups in total. The molecule has 1 unspecified atom stereocenters. The summed E-state index contributed by atoms with van der Waals surface area (Å²) in [4.78, 5) is 51.7. The molecule has 41 heavy (non-hydrogen) atoms. The average Bonchev–Trinajstić information content (AvgIpc) is 2.90. The Morgan fingerprint density at radius 3 is 2.37 bits per heavy atom. The molecule has 1 heterocycles. The first kappa shape index (κ1) is 32.7. The summed E-state index contributed by atoms with van der Waals surface area (Å²) in [5, 5.41) is 11.9. The van der Waals surface area contributed by atoms with E-state index in [0.717, 1.165) is 51.6 Å². The van der Waals surface area contributed by atoms with E-state index in [-0.39, 0.29) is 17.5 Å². The molecule has 3 rings (SSSR count). The third-order valence-electron chi connectivity index (χ3n) is 7.68. The maximum Gasteiger partial charge on any atom is 0.407 e. The maximum absolute atomic E-state index is 12.7. The van der Waals surface area contributed by atoms with Crippen LogP contribution < -0.4 is 21.3 Å². The van der Waals surface area contributed by atoms with Gasteiger partial charge in [0.05, 0.1) is 0 Å². The predicted molar refractivity (Wildman–Crippen MR) is 160 cm³/mol. The van der Waals surface area contributed by atoms with E-state index in [9.17, 15) is 19.2 Å². The number of benzene rings is 1. The lowest BCUT2D eigenvalue weighted by Gasteiger charge is -2.52. The second kappa shape index (κ2) is 15.4. The van der Waals surface area contributed by atoms with Crippen LogP contribution in [-0.4, -0.2) is 72.1 Å². The van der Waals surface area contributed by atoms with Crippen molar-refractivity contribution in [3.63, 3.8) is 0 Å². The lowest BCUT2D eigenvalue weighted by molar-refractivity contribution is -0.137. The standard InChI is InChI=1S/C30H46ClN5O5/c1-29(2,3)41-28(40)33-17-8-5-9-25(37)32-18-20-36-19-14-24(21-30(36)15-6-4-7-16-30)35-27(39)26(38)34-23-12-10-22(31)11-13-23/h10-13,24H,4-9,14-21H2,1-3H3,(H,32,37)(H,33,40)(H,34,38)(H,35,39). The van der Waals surface area contributed by atoms with Crippen molar-refractivity contribution >= 4 is 41.1 Å². The van der Waals surface area contributed by atoms with Crippen LogP contribution in [0.1, 0.15) is 85.0 Å². The Labute approximate surface area is 248 Å². The predicted octanol–water partition coefficient (Wildman–Crippen LogP) is 4.37. The first-order valence-electron chi connectivity index (χ1n) is 14.8. The molecule has 1 aliphatic carbocycles. The summed E-state index contributed by atoms with van der Waals surface area (Å²) in [6.07, 6.45) is 8.48. The Morgan fingerprint density at radius 1 is 0.976 bits per heavy atom. The number of amides is 4. The number of unbranched alkanes of at least 4 members (excludes halogenated alkanes) is 1. The van der Waals surface area contributed by atoms with E-state index in [2.05, 4.69) is 26.2 Å². The van der Waals surface area contributed by atoms with Crippen molar-refractivity contribution in [2.45, 2.75) is 102 Å². The molecule has 1 aromatic carbocycles. The van der Waals surface area contributed by atoms with Gasteiger partial charge in [-0.3, -0.25) is 19.3 Å². The second-order valence-corrected chi connectivity index (χ2v) is 12.6. The van der Waals surface area contributed by atoms with Crippen LogP contribution in [0.3, 0.4) is 0 Å². The highest BCUT2D eigenvalue weighted by molar-refractivity contribution is 6.39. The molecular weight excluding hydrogens is 546 g/mol. The molecule has 0 aromatic heterocycles. The number of piperidine rings is 1. The Bertz CT molecular complexity index is 1040. The van der Waals surface area contributed by atoms with E-state index in [1.807, 2.05) is 20.8 Å². The smallest absolute Gasteiger partial charge is 0.407 e. The van der Waals surface area contributed by atoms with Crippen molar-refractivity contribution in [3.8, 4) is 0 Å². The van der Waals surface area contributed by atoms with Gasteiger partial charge in [-0.2, -0.15) is 0 Å². The van der Waals surface area contributed by atoms with Gasteiger partial charge in [0.1, 0.15) is 5.60 Å². The Morgan fingerprint density at radius 2 is 1.68 bits per heavy atom. The monoisotopic (exact) mass is 591 g/mol. The first-order valence-corrected chi connectivity index (χ1v) is 15.2. The van der Waals surface area contributed by atoms with Crippen LogP contribution in [0, 0.1) is 0 Å². The highest BCUT2D eigenvalue weighted by atomic mass is 35.5. The number of nitrogens with zero attached hydrogens (tertiary/aromatic N) is 1. The molecule has 1 aliphatic heterocycles. The van der Waals surface area contributed by atoms with Crippen molar-refractivity contribution in [2.75, 3.05) is 31.5 Å². The van der Waals surface area contributed by atoms with Crippen molar-refractivity contribution in [1.82, 2.24) is 20.9 Å². The van der Waals surface area contributed by atoms with Crippen molar-refractivity contribution < 1.29 is 23.9 Å². The zero-order valence-corrected chi connectivity index (χ0v) is 25.4. The molecule has 228 valence electrons. The maximum atomic E-state index is 12.7. The van der Waals surface area contributed by atoms with Crippen LogP contribution >= 0.6 is 11.6 Å². The highest BCUT2D eigenvalue weighted by Gasteiger charge is 2.43. The number of likely N-dealkylation sites (tertiary alicyclic amines) is 1. The normalized spacial score (nSPS) is 18.8. The number of anilines is 1. The summed E-state index contributed by atoms with van der Waals surface area (Å²) in [7, 11) is 0. The Hall–Kier alpha value is -2.85. The quantitative estimate of drug-likeness (QED) is 0.236. The number of nitrogens with one attached hydrogen (secondary N) is 4. The molecule has 0 radical (unpaired) electrons. The number of hydrogen-bond acceptors (Lipinski definition) is 6. The zero-order valence-electron chi connectivity index (χ0n) is 24.7. The van der Waals surface area contributed by atoms with Crippen LogP contribution in [-0.2, 0) is 19.1 Å². The van der Waals surface area contributed by atoms with Crippen LogP contribution in [0.25, 0.3) is 0 Å². The van der Waals surface area contributed by atoms with Crippen LogP contribution in [0.2, 0.25) is 5.02 Å². The molecule has 0 bridgehead atoms. The SMILES string of the molecule is CC(C)(C)OC(=O)NCCCCC(=O)NCCN1CCC(NC(=O)C(=O)Nc2ccc(Cl)cc2)CC12CCCCC2. The molecule has 4 amide bonds. The second-order valence-electron chi connectivity index (χ2n) is 12.1. The number of ether oxygens (including phenoxy) is 1. The fourth-order valence-electron chi connectivity index (χ4n) is 5.75. The number of carbonyl (C=O) groups excluding carboxylic acids is 4. The van der Waals surface area contributed by atoms with Crippen LogP contribution in [0.15, 0.2) is 24.3 Å². The zero-order chi connectivity index (χ0) is 29.9. The van der Waals surface area contributed by atoms with E-state index in [1.54, 1.807) is 24.3 Å². The number of halogens is 1. The molecule has 11 heteroatoms. The van der Waals surface area contributed by atoms with Gasteiger partial charge in [0, 0.05) is 54.9 Å². The van der Waals surface area contributed by atoms with E-state index in [1.165, 1.54) is 6.42 Å². The minimum atomic E-state index is -0.684. The molecule has 10 nitrogen and oxygen atoms in total. The Kier molecular flexibility index (Phi) is 12.3. The molecule has 2 aliphatic rings. The lowest BCUT2D eigenvalue weighted by atomic mass is 9.73. The molecule has 1 saturated heterocycles. The molecule has 1 spiro atoms. The summed E-state index contributed by atoms with van der Waals surface area (Å²) in [5.41, 5.74) is -0.0370. The Balaban J connectivity index is 1.39. The third kappa shape index (κ3) is 11.2. The molecule has 1 saturated carbocycles. The summed E-state index contributed by atoms with van der Waals surface area (Å²) in [5.74, 6) is -1.30. The van der Waals surface area contributed by atoms with Gasteiger partial charge in [-0.15, -0.1) is 0 Å². The number of rotatable bonds is 10. The number of hydrogen-bond donors (Lipinski definition) is 4. The lowest BCUT2D eigenvalue weighted by Crippen LogP contribution is -2.60. The molecule has 1 aromatic rings. The summed E-state index contributed by atoms with van der Waals surface area (Å²) in [6, 6.07) is 6.56. The summed E-state index contributed by atoms with van der Waals surface area (Å²) >= 11 is 5.89. The van der Waals surface area contributed by atoms with E-state index < -0.39 is 23.5 Å². The highest BCUT2D eigenvalue weighted by Crippen LogP contribution is 2.40. The largest absolute Gasteiger partial charge is 0.444 e. The van der Waals surface area contributed by atoms with Crippen LogP contribution in [0.5, 0.6) is 0 Å². The van der Waals surface area contributed by atoms with Gasteiger partial charge in [0.25, 0.3) is 0 Å². The van der Waals surface area contributed by atoms with E-state index in [0.29, 0.717) is 43.1 Å². The van der Waals surface area contributed by atoms with Gasteiger partial charge in [0.15, 0.2) is 0 Å². The van der Waals surface area contributed by atoms with E-state index in [4.69, 9.17) is 16.3 Å². The van der Waals surface area contributed by atoms with Gasteiger partial charge < -0.3 is 26.0 Å². The van der Waals surface area contributed by atoms with Gasteiger partial charge in [-0.05, 0) is 83.6 Å². The molecular formula is C30H46ClN5O5. The summed E-state index contributed by atoms with van der Waals surface area (Å²) < 4.78 is 5.21. The summed E-state index contributed by atoms with van der Waals surface area (Å²) in [6.45, 7) is 8.05. The van der Waals surface area contributed by atoms with Gasteiger partial charge in [-0.1, -0.05) is 30.9 Å². The third-order valence-corrected chi connectivity index (χ3v) is 7.93. The van der Waals surface area contributed by atoms with Gasteiger partial charge >= 0.3 is 17.9 Å². The van der Waals surface area contributed by atoms with Crippen molar-refractivity contribution in [2.24, 2.45) is 0 Å². The number of alkyl carbamates (subject to hydrolysis) is 1.